The number of amides is 1. The van der Waals surface area contributed by atoms with Gasteiger partial charge in [-0.2, -0.15) is 0 Å². The topological polar surface area (TPSA) is 58.2 Å². The fourth-order valence-corrected chi connectivity index (χ4v) is 2.94. The Morgan fingerprint density at radius 2 is 2.15 bits per heavy atom. The maximum absolute atomic E-state index is 13.1. The largest absolute Gasteiger partial charge is 0.479 e. The zero-order valence-corrected chi connectivity index (χ0v) is 15.5. The van der Waals surface area contributed by atoms with Crippen molar-refractivity contribution in [3.8, 4) is 5.75 Å². The number of ether oxygens (including phenoxy) is 1. The van der Waals surface area contributed by atoms with Gasteiger partial charge in [0.15, 0.2) is 6.10 Å². The number of hydrogen-bond donors (Lipinski definition) is 1. The normalized spacial score (nSPS) is 12.2. The van der Waals surface area contributed by atoms with E-state index in [1.807, 2.05) is 25.1 Å². The van der Waals surface area contributed by atoms with Gasteiger partial charge in [0.05, 0.1) is 22.6 Å². The summed E-state index contributed by atoms with van der Waals surface area (Å²) in [5.74, 6) is 0.264. The van der Waals surface area contributed by atoms with E-state index >= 15 is 0 Å². The van der Waals surface area contributed by atoms with Gasteiger partial charge in [0.1, 0.15) is 17.4 Å². The van der Waals surface area contributed by atoms with Crippen molar-refractivity contribution in [2.24, 2.45) is 0 Å². The van der Waals surface area contributed by atoms with Gasteiger partial charge < -0.3 is 14.6 Å². The lowest BCUT2D eigenvalue weighted by molar-refractivity contribution is -0.137. The number of carbonyl (C=O) groups is 1. The number of H-pyrrole nitrogens is 1. The van der Waals surface area contributed by atoms with E-state index in [0.717, 1.165) is 22.7 Å². The quantitative estimate of drug-likeness (QED) is 0.730. The molecule has 0 aliphatic carbocycles. The molecule has 1 N–H and O–H groups in total. The number of hydrogen-bond acceptors (Lipinski definition) is 3. The van der Waals surface area contributed by atoms with Crippen LogP contribution in [0.15, 0.2) is 36.4 Å². The van der Waals surface area contributed by atoms with E-state index in [-0.39, 0.29) is 16.7 Å². The molecule has 1 heterocycles. The molecule has 0 fully saturated rings. The Hall–Kier alpha value is -2.60. The van der Waals surface area contributed by atoms with Crippen LogP contribution in [-0.4, -0.2) is 33.9 Å². The highest BCUT2D eigenvalue weighted by Gasteiger charge is 2.21. The molecule has 3 aromatic rings. The lowest BCUT2D eigenvalue weighted by Gasteiger charge is -2.21. The molecule has 0 radical (unpaired) electrons. The van der Waals surface area contributed by atoms with Gasteiger partial charge >= 0.3 is 0 Å². The minimum atomic E-state index is -0.769. The van der Waals surface area contributed by atoms with Crippen LogP contribution in [0.4, 0.5) is 4.39 Å². The number of aromatic amines is 1. The number of benzene rings is 2. The number of halogens is 2. The Balaban J connectivity index is 1.68. The fraction of sp³-hybridized carbons (Fsp3) is 0.263. The molecule has 0 aliphatic heterocycles. The molecule has 0 bridgehead atoms. The average Bonchev–Trinajstić information content (AvgIpc) is 3.00. The smallest absolute Gasteiger partial charge is 0.263 e. The molecule has 1 amide bonds. The number of imidazole rings is 1. The second-order valence-corrected chi connectivity index (χ2v) is 6.59. The first-order chi connectivity index (χ1) is 12.3. The van der Waals surface area contributed by atoms with Crippen molar-refractivity contribution in [1.29, 1.82) is 0 Å². The van der Waals surface area contributed by atoms with E-state index < -0.39 is 11.9 Å². The Bertz CT molecular complexity index is 957. The van der Waals surface area contributed by atoms with Gasteiger partial charge in [-0.1, -0.05) is 23.7 Å². The van der Waals surface area contributed by atoms with Crippen molar-refractivity contribution >= 4 is 28.5 Å². The van der Waals surface area contributed by atoms with Crippen LogP contribution >= 0.6 is 11.6 Å². The Labute approximate surface area is 155 Å². The van der Waals surface area contributed by atoms with E-state index in [2.05, 4.69) is 9.97 Å². The van der Waals surface area contributed by atoms with Crippen LogP contribution in [0.25, 0.3) is 11.0 Å². The van der Waals surface area contributed by atoms with Crippen molar-refractivity contribution in [3.63, 3.8) is 0 Å². The molecule has 1 unspecified atom stereocenters. The number of aryl methyl sites for hydroxylation is 1. The molecule has 0 saturated heterocycles. The van der Waals surface area contributed by atoms with Crippen molar-refractivity contribution in [2.45, 2.75) is 26.5 Å². The minimum Gasteiger partial charge on any atom is -0.479 e. The van der Waals surface area contributed by atoms with Gasteiger partial charge in [0.25, 0.3) is 5.91 Å². The van der Waals surface area contributed by atoms with Crippen molar-refractivity contribution in [2.75, 3.05) is 7.05 Å². The molecule has 0 saturated carbocycles. The van der Waals surface area contributed by atoms with Crippen LogP contribution in [0.3, 0.4) is 0 Å². The lowest BCUT2D eigenvalue weighted by Crippen LogP contribution is -2.37. The number of aromatic nitrogens is 2. The summed E-state index contributed by atoms with van der Waals surface area (Å²) in [7, 11) is 1.68. The fourth-order valence-electron chi connectivity index (χ4n) is 2.73. The summed E-state index contributed by atoms with van der Waals surface area (Å²) >= 11 is 5.94. The van der Waals surface area contributed by atoms with Crippen LogP contribution in [0.2, 0.25) is 5.02 Å². The Morgan fingerprint density at radius 3 is 2.85 bits per heavy atom. The first kappa shape index (κ1) is 18.2. The Morgan fingerprint density at radius 1 is 1.38 bits per heavy atom. The third-order valence-corrected chi connectivity index (χ3v) is 4.37. The number of nitrogens with zero attached hydrogens (tertiary/aromatic N) is 2. The highest BCUT2D eigenvalue weighted by atomic mass is 35.5. The zero-order chi connectivity index (χ0) is 18.8. The van der Waals surface area contributed by atoms with Gasteiger partial charge in [0.2, 0.25) is 0 Å². The lowest BCUT2D eigenvalue weighted by atomic mass is 10.2. The summed E-state index contributed by atoms with van der Waals surface area (Å²) in [6.45, 7) is 3.93. The minimum absolute atomic E-state index is 0.125. The van der Waals surface area contributed by atoms with Crippen LogP contribution < -0.4 is 4.74 Å². The molecule has 1 atom stereocenters. The van der Waals surface area contributed by atoms with Gasteiger partial charge in [-0.3, -0.25) is 4.79 Å². The molecule has 136 valence electrons. The number of rotatable bonds is 5. The van der Waals surface area contributed by atoms with Gasteiger partial charge in [0, 0.05) is 7.05 Å². The van der Waals surface area contributed by atoms with Gasteiger partial charge in [-0.05, 0) is 43.7 Å². The monoisotopic (exact) mass is 375 g/mol. The third kappa shape index (κ3) is 3.80. The van der Waals surface area contributed by atoms with Crippen LogP contribution in [0, 0.1) is 12.7 Å². The van der Waals surface area contributed by atoms with Crippen LogP contribution in [0.5, 0.6) is 5.75 Å². The van der Waals surface area contributed by atoms with E-state index in [4.69, 9.17) is 16.3 Å². The van der Waals surface area contributed by atoms with Gasteiger partial charge in [-0.25, -0.2) is 9.37 Å². The molecule has 7 heteroatoms. The standard InChI is InChI=1S/C19H19ClFN3O2/c1-11-5-4-6-15-18(11)23-17(22-15)10-24(3)19(25)12(2)26-16-8-7-13(21)9-14(16)20/h4-9,12H,10H2,1-3H3,(H,22,23). The zero-order valence-electron chi connectivity index (χ0n) is 14.7. The number of nitrogens with one attached hydrogen (secondary N) is 1. The van der Waals surface area contributed by atoms with Crippen molar-refractivity contribution in [3.05, 3.63) is 58.6 Å². The van der Waals surface area contributed by atoms with Crippen molar-refractivity contribution in [1.82, 2.24) is 14.9 Å². The van der Waals surface area contributed by atoms with E-state index in [1.165, 1.54) is 17.0 Å². The first-order valence-corrected chi connectivity index (χ1v) is 8.54. The SMILES string of the molecule is Cc1cccc2[nH]c(CN(C)C(=O)C(C)Oc3ccc(F)cc3Cl)nc12. The number of para-hydroxylation sites is 1. The summed E-state index contributed by atoms with van der Waals surface area (Å²) in [6, 6.07) is 9.68. The molecule has 3 rings (SSSR count). The first-order valence-electron chi connectivity index (χ1n) is 8.16. The predicted octanol–water partition coefficient (Wildman–Crippen LogP) is 4.09. The molecular formula is C19H19ClFN3O2. The van der Waals surface area contributed by atoms with Crippen LogP contribution in [0.1, 0.15) is 18.3 Å². The summed E-state index contributed by atoms with van der Waals surface area (Å²) in [6.07, 6.45) is -0.769. The van der Waals surface area contributed by atoms with E-state index in [0.29, 0.717) is 12.4 Å². The maximum Gasteiger partial charge on any atom is 0.263 e. The maximum atomic E-state index is 13.1. The number of likely N-dealkylation sites (N-methyl/N-ethyl adjacent to an activating group) is 1. The highest BCUT2D eigenvalue weighted by molar-refractivity contribution is 6.32. The number of carbonyl (C=O) groups excluding carboxylic acids is 1. The molecular weight excluding hydrogens is 357 g/mol. The summed E-state index contributed by atoms with van der Waals surface area (Å²) in [4.78, 5) is 21.8. The second-order valence-electron chi connectivity index (χ2n) is 6.18. The predicted molar refractivity (Wildman–Crippen MR) is 98.8 cm³/mol. The van der Waals surface area contributed by atoms with E-state index in [1.54, 1.807) is 14.0 Å². The summed E-state index contributed by atoms with van der Waals surface area (Å²) in [5, 5.41) is 0.125. The van der Waals surface area contributed by atoms with Crippen molar-refractivity contribution < 1.29 is 13.9 Å². The average molecular weight is 376 g/mol. The summed E-state index contributed by atoms with van der Waals surface area (Å²) in [5.41, 5.74) is 2.90. The molecule has 26 heavy (non-hydrogen) atoms. The Kier molecular flexibility index (Phi) is 5.13. The molecule has 0 spiro atoms. The third-order valence-electron chi connectivity index (χ3n) is 4.07. The highest BCUT2D eigenvalue weighted by Crippen LogP contribution is 2.26. The van der Waals surface area contributed by atoms with Crippen LogP contribution in [-0.2, 0) is 11.3 Å². The number of fused-ring (bicyclic) bond motifs is 1. The molecule has 5 nitrogen and oxygen atoms in total. The second kappa shape index (κ2) is 7.33. The van der Waals surface area contributed by atoms with Gasteiger partial charge in [-0.15, -0.1) is 0 Å². The summed E-state index contributed by atoms with van der Waals surface area (Å²) < 4.78 is 18.7. The van der Waals surface area contributed by atoms with E-state index in [9.17, 15) is 9.18 Å². The molecule has 0 aliphatic rings. The molecule has 2 aromatic carbocycles. The molecule has 1 aromatic heterocycles.